The molecule has 2 nitrogen and oxygen atoms in total. The first kappa shape index (κ1) is 13.8. The van der Waals surface area contributed by atoms with E-state index >= 15 is 0 Å². The molecule has 110 valence electrons. The van der Waals surface area contributed by atoms with Gasteiger partial charge in [0.25, 0.3) is 5.82 Å². The smallest absolute Gasteiger partial charge is 0.233 e. The highest BCUT2D eigenvalue weighted by molar-refractivity contribution is 9.10. The Balaban J connectivity index is 1.94. The predicted molar refractivity (Wildman–Crippen MR) is 92.0 cm³/mol. The Morgan fingerprint density at radius 3 is 2.45 bits per heavy atom. The van der Waals surface area contributed by atoms with Crippen molar-refractivity contribution in [3.63, 3.8) is 0 Å². The van der Waals surface area contributed by atoms with Crippen molar-refractivity contribution in [3.8, 4) is 16.9 Å². The predicted octanol–water partition coefficient (Wildman–Crippen LogP) is 4.53. The molecule has 0 saturated carbocycles. The van der Waals surface area contributed by atoms with Crippen molar-refractivity contribution in [3.05, 3.63) is 71.1 Å². The van der Waals surface area contributed by atoms with Crippen molar-refractivity contribution in [1.82, 2.24) is 4.57 Å². The fourth-order valence-electron chi connectivity index (χ4n) is 3.25. The SMILES string of the molecule is Brc1ccc(-n2c(-c3ccccc3)c[n+]3c2CCCC3)cc1. The Hall–Kier alpha value is -1.87. The van der Waals surface area contributed by atoms with Crippen LogP contribution in [0.5, 0.6) is 0 Å². The molecule has 3 aromatic rings. The number of nitrogens with zero attached hydrogens (tertiary/aromatic N) is 2. The Kier molecular flexibility index (Phi) is 3.59. The van der Waals surface area contributed by atoms with Gasteiger partial charge in [0.2, 0.25) is 0 Å². The molecule has 2 aromatic carbocycles. The van der Waals surface area contributed by atoms with Crippen LogP contribution in [0, 0.1) is 0 Å². The number of aryl methyl sites for hydroxylation is 1. The van der Waals surface area contributed by atoms with Crippen LogP contribution in [0.4, 0.5) is 0 Å². The first-order chi connectivity index (χ1) is 10.8. The maximum Gasteiger partial charge on any atom is 0.262 e. The first-order valence-corrected chi connectivity index (χ1v) is 8.58. The molecule has 4 rings (SSSR count). The lowest BCUT2D eigenvalue weighted by Gasteiger charge is -2.10. The van der Waals surface area contributed by atoms with Gasteiger partial charge in [0.1, 0.15) is 11.9 Å². The summed E-state index contributed by atoms with van der Waals surface area (Å²) in [6.07, 6.45) is 6.00. The largest absolute Gasteiger partial charge is 0.262 e. The van der Waals surface area contributed by atoms with E-state index in [1.807, 2.05) is 0 Å². The lowest BCUT2D eigenvalue weighted by molar-refractivity contribution is -0.708. The zero-order chi connectivity index (χ0) is 14.9. The highest BCUT2D eigenvalue weighted by Gasteiger charge is 2.27. The van der Waals surface area contributed by atoms with Gasteiger partial charge in [-0.15, -0.1) is 0 Å². The fourth-order valence-corrected chi connectivity index (χ4v) is 3.52. The Bertz CT molecular complexity index is 788. The molecular weight excluding hydrogens is 336 g/mol. The van der Waals surface area contributed by atoms with Crippen molar-refractivity contribution >= 4 is 15.9 Å². The van der Waals surface area contributed by atoms with Crippen LogP contribution >= 0.6 is 15.9 Å². The molecule has 0 amide bonds. The quantitative estimate of drug-likeness (QED) is 0.598. The minimum Gasteiger partial charge on any atom is -0.233 e. The van der Waals surface area contributed by atoms with Gasteiger partial charge in [-0.05, 0) is 37.1 Å². The van der Waals surface area contributed by atoms with E-state index in [9.17, 15) is 0 Å². The van der Waals surface area contributed by atoms with Crippen LogP contribution in [0.1, 0.15) is 18.7 Å². The van der Waals surface area contributed by atoms with Crippen molar-refractivity contribution in [1.29, 1.82) is 0 Å². The van der Waals surface area contributed by atoms with Gasteiger partial charge in [-0.2, -0.15) is 4.57 Å². The number of hydrogen-bond donors (Lipinski definition) is 0. The number of hydrogen-bond acceptors (Lipinski definition) is 0. The molecule has 0 atom stereocenters. The van der Waals surface area contributed by atoms with Gasteiger partial charge in [-0.3, -0.25) is 0 Å². The van der Waals surface area contributed by atoms with E-state index in [2.05, 4.69) is 85.9 Å². The van der Waals surface area contributed by atoms with Crippen molar-refractivity contribution in [2.45, 2.75) is 25.8 Å². The molecule has 0 unspecified atom stereocenters. The van der Waals surface area contributed by atoms with E-state index in [0.717, 1.165) is 17.4 Å². The van der Waals surface area contributed by atoms with Gasteiger partial charge in [0, 0.05) is 16.5 Å². The van der Waals surface area contributed by atoms with E-state index < -0.39 is 0 Å². The van der Waals surface area contributed by atoms with Crippen molar-refractivity contribution < 1.29 is 4.57 Å². The van der Waals surface area contributed by atoms with Crippen LogP contribution < -0.4 is 4.57 Å². The zero-order valence-corrected chi connectivity index (χ0v) is 14.0. The summed E-state index contributed by atoms with van der Waals surface area (Å²) in [6.45, 7) is 1.12. The number of rotatable bonds is 2. The van der Waals surface area contributed by atoms with Crippen molar-refractivity contribution in [2.24, 2.45) is 0 Å². The Labute approximate surface area is 139 Å². The molecular formula is C19H18BrN2+. The molecule has 1 aromatic heterocycles. The molecule has 1 aliphatic rings. The molecule has 2 heterocycles. The molecule has 0 bridgehead atoms. The van der Waals surface area contributed by atoms with Crippen LogP contribution in [0.2, 0.25) is 0 Å². The maximum atomic E-state index is 3.53. The van der Waals surface area contributed by atoms with Gasteiger partial charge < -0.3 is 0 Å². The van der Waals surface area contributed by atoms with Crippen molar-refractivity contribution in [2.75, 3.05) is 0 Å². The van der Waals surface area contributed by atoms with Gasteiger partial charge in [-0.25, -0.2) is 4.57 Å². The third-order valence-electron chi connectivity index (χ3n) is 4.31. The minimum atomic E-state index is 1.12. The molecule has 3 heteroatoms. The number of fused-ring (bicyclic) bond motifs is 1. The summed E-state index contributed by atoms with van der Waals surface area (Å²) in [6, 6.07) is 19.3. The molecule has 0 saturated heterocycles. The van der Waals surface area contributed by atoms with E-state index in [1.165, 1.54) is 35.6 Å². The van der Waals surface area contributed by atoms with Crippen LogP contribution in [-0.4, -0.2) is 4.57 Å². The van der Waals surface area contributed by atoms with Crippen LogP contribution in [0.3, 0.4) is 0 Å². The molecule has 0 radical (unpaired) electrons. The summed E-state index contributed by atoms with van der Waals surface area (Å²) in [5, 5.41) is 0. The highest BCUT2D eigenvalue weighted by Crippen LogP contribution is 2.27. The second-order valence-corrected chi connectivity index (χ2v) is 6.67. The molecule has 22 heavy (non-hydrogen) atoms. The molecule has 0 spiro atoms. The second kappa shape index (κ2) is 5.73. The average Bonchev–Trinajstić information content (AvgIpc) is 2.96. The standard InChI is InChI=1S/C19H18BrN2/c20-16-9-11-17(12-10-16)22-18(15-6-2-1-3-7-15)14-21-13-5-4-8-19(21)22/h1-3,6-7,9-12,14H,4-5,8,13H2/q+1. The summed E-state index contributed by atoms with van der Waals surface area (Å²) in [7, 11) is 0. The van der Waals surface area contributed by atoms with E-state index in [0.29, 0.717) is 0 Å². The lowest BCUT2D eigenvalue weighted by Crippen LogP contribution is -2.40. The summed E-state index contributed by atoms with van der Waals surface area (Å²) in [5.41, 5.74) is 3.78. The zero-order valence-electron chi connectivity index (χ0n) is 12.4. The number of benzene rings is 2. The number of imidazole rings is 1. The third-order valence-corrected chi connectivity index (χ3v) is 4.84. The molecule has 0 aliphatic carbocycles. The van der Waals surface area contributed by atoms with Crippen LogP contribution in [0.25, 0.3) is 16.9 Å². The lowest BCUT2D eigenvalue weighted by atomic mass is 10.1. The third kappa shape index (κ3) is 2.40. The molecule has 0 fully saturated rings. The molecule has 0 N–H and O–H groups in total. The molecule has 1 aliphatic heterocycles. The number of halogens is 1. The van der Waals surface area contributed by atoms with E-state index in [-0.39, 0.29) is 0 Å². The van der Waals surface area contributed by atoms with Crippen LogP contribution in [0.15, 0.2) is 65.3 Å². The van der Waals surface area contributed by atoms with E-state index in [1.54, 1.807) is 0 Å². The summed E-state index contributed by atoms with van der Waals surface area (Å²) in [5.74, 6) is 1.41. The van der Waals surface area contributed by atoms with Gasteiger partial charge in [0.15, 0.2) is 5.69 Å². The first-order valence-electron chi connectivity index (χ1n) is 7.78. The Morgan fingerprint density at radius 1 is 0.909 bits per heavy atom. The fraction of sp³-hybridized carbons (Fsp3) is 0.211. The topological polar surface area (TPSA) is 8.81 Å². The average molecular weight is 354 g/mol. The van der Waals surface area contributed by atoms with Crippen LogP contribution in [-0.2, 0) is 13.0 Å². The van der Waals surface area contributed by atoms with Gasteiger partial charge >= 0.3 is 0 Å². The van der Waals surface area contributed by atoms with Gasteiger partial charge in [-0.1, -0.05) is 46.3 Å². The summed E-state index contributed by atoms with van der Waals surface area (Å²) < 4.78 is 5.96. The monoisotopic (exact) mass is 353 g/mol. The van der Waals surface area contributed by atoms with E-state index in [4.69, 9.17) is 0 Å². The maximum absolute atomic E-state index is 3.53. The number of aromatic nitrogens is 2. The Morgan fingerprint density at radius 2 is 1.68 bits per heavy atom. The van der Waals surface area contributed by atoms with Gasteiger partial charge in [0.05, 0.1) is 6.54 Å². The second-order valence-electron chi connectivity index (χ2n) is 5.76. The minimum absolute atomic E-state index is 1.12. The highest BCUT2D eigenvalue weighted by atomic mass is 79.9. The summed E-state index contributed by atoms with van der Waals surface area (Å²) >= 11 is 3.53. The summed E-state index contributed by atoms with van der Waals surface area (Å²) in [4.78, 5) is 0. The normalized spacial score (nSPS) is 13.9.